The number of amides is 1. The summed E-state index contributed by atoms with van der Waals surface area (Å²) in [5.74, 6) is -1.08. The molecule has 2 aromatic rings. The van der Waals surface area contributed by atoms with E-state index >= 15 is 0 Å². The van der Waals surface area contributed by atoms with Crippen LogP contribution < -0.4 is 10.3 Å². The van der Waals surface area contributed by atoms with Crippen LogP contribution >= 0.6 is 11.6 Å². The summed E-state index contributed by atoms with van der Waals surface area (Å²) in [5, 5.41) is -0.356. The van der Waals surface area contributed by atoms with Crippen molar-refractivity contribution in [1.82, 2.24) is 9.88 Å². The first-order chi connectivity index (χ1) is 15.1. The van der Waals surface area contributed by atoms with Gasteiger partial charge in [0.15, 0.2) is 5.75 Å². The molecule has 1 amide bonds. The highest BCUT2D eigenvalue weighted by Gasteiger charge is 2.40. The monoisotopic (exact) mass is 470 g/mol. The summed E-state index contributed by atoms with van der Waals surface area (Å²) >= 11 is 6.38. The van der Waals surface area contributed by atoms with Crippen molar-refractivity contribution in [3.05, 3.63) is 61.0 Å². The molecule has 1 saturated heterocycles. The van der Waals surface area contributed by atoms with Gasteiger partial charge in [0.1, 0.15) is 6.10 Å². The van der Waals surface area contributed by atoms with Crippen LogP contribution in [0.4, 0.5) is 13.2 Å². The molecule has 0 saturated carbocycles. The fourth-order valence-corrected chi connectivity index (χ4v) is 4.49. The Kier molecular flexibility index (Phi) is 5.98. The number of aromatic nitrogens is 1. The number of carbonyl (C=O) groups is 1. The number of carbonyl (C=O) groups excluding carboxylic acids is 1. The number of hydrogen-bond acceptors (Lipinski definition) is 4. The molecular weight excluding hydrogens is 449 g/mol. The third-order valence-corrected chi connectivity index (χ3v) is 6.14. The van der Waals surface area contributed by atoms with Gasteiger partial charge in [-0.2, -0.15) is 13.2 Å². The van der Waals surface area contributed by atoms with Gasteiger partial charge in [-0.15, -0.1) is 0 Å². The van der Waals surface area contributed by atoms with Crippen molar-refractivity contribution in [3.8, 4) is 5.75 Å². The molecule has 2 aliphatic heterocycles. The predicted octanol–water partition coefficient (Wildman–Crippen LogP) is 4.03. The van der Waals surface area contributed by atoms with E-state index in [2.05, 4.69) is 4.98 Å². The zero-order valence-electron chi connectivity index (χ0n) is 17.6. The normalized spacial score (nSPS) is 18.8. The Labute approximate surface area is 187 Å². The van der Waals surface area contributed by atoms with Crippen LogP contribution in [0, 0.1) is 13.8 Å². The Bertz CT molecular complexity index is 1120. The number of nitrogens with one attached hydrogen (secondary N) is 1. The number of aromatic amines is 1. The maximum absolute atomic E-state index is 13.8. The van der Waals surface area contributed by atoms with Gasteiger partial charge in [0, 0.05) is 24.2 Å². The fraction of sp³-hybridized carbons (Fsp3) is 0.455. The standard InChI is InChI=1S/C22H22ClF3N2O4/c1-11-7-12(2)27-20(29)15(11)9-28-5-3-13-8-16(22(24,25)26)19(18(23)17(13)21(28)30)32-14-4-6-31-10-14/h7-8,14H,3-6,9-10H2,1-2H3,(H,27,29). The van der Waals surface area contributed by atoms with Gasteiger partial charge in [-0.1, -0.05) is 11.6 Å². The molecule has 6 nitrogen and oxygen atoms in total. The maximum Gasteiger partial charge on any atom is 0.420 e. The van der Waals surface area contributed by atoms with E-state index in [9.17, 15) is 22.8 Å². The third-order valence-electron chi connectivity index (χ3n) is 5.78. The third kappa shape index (κ3) is 4.23. The summed E-state index contributed by atoms with van der Waals surface area (Å²) in [5.41, 5.74) is 0.759. The molecule has 32 heavy (non-hydrogen) atoms. The number of fused-ring (bicyclic) bond motifs is 1. The minimum absolute atomic E-state index is 0.0129. The minimum Gasteiger partial charge on any atom is -0.486 e. The van der Waals surface area contributed by atoms with E-state index in [1.54, 1.807) is 19.9 Å². The summed E-state index contributed by atoms with van der Waals surface area (Å²) in [4.78, 5) is 29.8. The van der Waals surface area contributed by atoms with Gasteiger partial charge in [0.25, 0.3) is 11.5 Å². The number of hydrogen-bond donors (Lipinski definition) is 1. The van der Waals surface area contributed by atoms with Crippen LogP contribution in [0.3, 0.4) is 0 Å². The van der Waals surface area contributed by atoms with Crippen molar-refractivity contribution >= 4 is 17.5 Å². The van der Waals surface area contributed by atoms with Gasteiger partial charge < -0.3 is 19.4 Å². The predicted molar refractivity (Wildman–Crippen MR) is 111 cm³/mol. The number of rotatable bonds is 4. The molecule has 1 unspecified atom stereocenters. The summed E-state index contributed by atoms with van der Waals surface area (Å²) in [6, 6.07) is 2.75. The Morgan fingerprint density at radius 2 is 2.03 bits per heavy atom. The van der Waals surface area contributed by atoms with Crippen LogP contribution in [0.15, 0.2) is 16.9 Å². The van der Waals surface area contributed by atoms with Crippen molar-refractivity contribution in [2.45, 2.75) is 45.5 Å². The van der Waals surface area contributed by atoms with Gasteiger partial charge in [0.2, 0.25) is 0 Å². The van der Waals surface area contributed by atoms with E-state index in [-0.39, 0.29) is 47.8 Å². The average Bonchev–Trinajstić information content (AvgIpc) is 3.20. The molecule has 3 heterocycles. The Morgan fingerprint density at radius 3 is 2.66 bits per heavy atom. The van der Waals surface area contributed by atoms with E-state index in [4.69, 9.17) is 21.1 Å². The lowest BCUT2D eigenvalue weighted by atomic mass is 9.94. The summed E-state index contributed by atoms with van der Waals surface area (Å²) in [7, 11) is 0. The van der Waals surface area contributed by atoms with Gasteiger partial charge in [-0.3, -0.25) is 9.59 Å². The number of halogens is 4. The SMILES string of the molecule is Cc1cc(C)c(CN2CCc3cc(C(F)(F)F)c(OC4CCOC4)c(Cl)c3C2=O)c(=O)[nH]1. The molecule has 0 radical (unpaired) electrons. The molecule has 1 atom stereocenters. The number of H-pyrrole nitrogens is 1. The van der Waals surface area contributed by atoms with Crippen molar-refractivity contribution in [3.63, 3.8) is 0 Å². The quantitative estimate of drug-likeness (QED) is 0.732. The number of nitrogens with zero attached hydrogens (tertiary/aromatic N) is 1. The summed E-state index contributed by atoms with van der Waals surface area (Å²) < 4.78 is 52.0. The van der Waals surface area contributed by atoms with Crippen LogP contribution in [0.5, 0.6) is 5.75 Å². The van der Waals surface area contributed by atoms with Crippen molar-refractivity contribution in [2.75, 3.05) is 19.8 Å². The number of ether oxygens (including phenoxy) is 2. The maximum atomic E-state index is 13.8. The zero-order valence-corrected chi connectivity index (χ0v) is 18.3. The first-order valence-electron chi connectivity index (χ1n) is 10.2. The van der Waals surface area contributed by atoms with Crippen molar-refractivity contribution in [2.24, 2.45) is 0 Å². The Morgan fingerprint density at radius 1 is 1.28 bits per heavy atom. The number of aryl methyl sites for hydroxylation is 2. The molecule has 0 aliphatic carbocycles. The van der Waals surface area contributed by atoms with E-state index < -0.39 is 29.5 Å². The first-order valence-corrected chi connectivity index (χ1v) is 10.6. The molecule has 1 N–H and O–H groups in total. The minimum atomic E-state index is -4.69. The molecule has 4 rings (SSSR count). The van der Waals surface area contributed by atoms with Gasteiger partial charge in [-0.25, -0.2) is 0 Å². The molecule has 10 heteroatoms. The molecule has 1 fully saturated rings. The largest absolute Gasteiger partial charge is 0.486 e. The highest BCUT2D eigenvalue weighted by molar-refractivity contribution is 6.35. The molecule has 2 aliphatic rings. The lowest BCUT2D eigenvalue weighted by molar-refractivity contribution is -0.139. The lowest BCUT2D eigenvalue weighted by Gasteiger charge is -2.31. The van der Waals surface area contributed by atoms with Crippen LogP contribution in [0.1, 0.15) is 44.7 Å². The second-order valence-corrected chi connectivity index (χ2v) is 8.50. The highest BCUT2D eigenvalue weighted by Crippen LogP contribution is 2.45. The Balaban J connectivity index is 1.73. The first kappa shape index (κ1) is 22.7. The summed E-state index contributed by atoms with van der Waals surface area (Å²) in [6.45, 7) is 4.27. The molecule has 172 valence electrons. The molecule has 1 aromatic heterocycles. The van der Waals surface area contributed by atoms with E-state index in [0.717, 1.165) is 11.6 Å². The highest BCUT2D eigenvalue weighted by atomic mass is 35.5. The molecule has 1 aromatic carbocycles. The van der Waals surface area contributed by atoms with E-state index in [1.165, 1.54) is 4.90 Å². The van der Waals surface area contributed by atoms with E-state index in [0.29, 0.717) is 24.3 Å². The van der Waals surface area contributed by atoms with Crippen molar-refractivity contribution in [1.29, 1.82) is 0 Å². The van der Waals surface area contributed by atoms with Gasteiger partial charge in [0.05, 0.1) is 35.9 Å². The van der Waals surface area contributed by atoms with Gasteiger partial charge >= 0.3 is 6.18 Å². The number of benzene rings is 1. The number of pyridine rings is 1. The zero-order chi connectivity index (χ0) is 23.2. The molecule has 0 bridgehead atoms. The molecule has 0 spiro atoms. The molecular formula is C22H22ClF3N2O4. The van der Waals surface area contributed by atoms with E-state index in [1.807, 2.05) is 0 Å². The second kappa shape index (κ2) is 8.44. The topological polar surface area (TPSA) is 71.6 Å². The van der Waals surface area contributed by atoms with Crippen LogP contribution in [0.25, 0.3) is 0 Å². The lowest BCUT2D eigenvalue weighted by Crippen LogP contribution is -2.39. The van der Waals surface area contributed by atoms with Crippen LogP contribution in [-0.2, 0) is 23.9 Å². The fourth-order valence-electron chi connectivity index (χ4n) is 4.15. The Hall–Kier alpha value is -2.52. The van der Waals surface area contributed by atoms with Crippen LogP contribution in [0.2, 0.25) is 5.02 Å². The summed E-state index contributed by atoms with van der Waals surface area (Å²) in [6.07, 6.45) is -4.66. The van der Waals surface area contributed by atoms with Crippen LogP contribution in [-0.4, -0.2) is 41.7 Å². The smallest absolute Gasteiger partial charge is 0.420 e. The van der Waals surface area contributed by atoms with Gasteiger partial charge in [-0.05, 0) is 43.5 Å². The average molecular weight is 471 g/mol. The number of alkyl halides is 3. The second-order valence-electron chi connectivity index (χ2n) is 8.12. The van der Waals surface area contributed by atoms with Crippen molar-refractivity contribution < 1.29 is 27.4 Å².